The van der Waals surface area contributed by atoms with Crippen LogP contribution in [-0.4, -0.2) is 17.3 Å². The van der Waals surface area contributed by atoms with Crippen LogP contribution in [0.4, 0.5) is 4.39 Å². The fraction of sp³-hybridized carbons (Fsp3) is 0.571. The van der Waals surface area contributed by atoms with E-state index in [0.717, 1.165) is 25.7 Å². The van der Waals surface area contributed by atoms with Crippen molar-refractivity contribution in [3.05, 3.63) is 29.6 Å². The zero-order valence-electron chi connectivity index (χ0n) is 10.7. The third-order valence-corrected chi connectivity index (χ3v) is 3.49. The first kappa shape index (κ1) is 13.3. The molecule has 0 amide bonds. The van der Waals surface area contributed by atoms with Crippen LogP contribution in [0, 0.1) is 5.82 Å². The van der Waals surface area contributed by atoms with Gasteiger partial charge in [0.2, 0.25) is 0 Å². The van der Waals surface area contributed by atoms with Crippen molar-refractivity contribution in [1.29, 1.82) is 0 Å². The second kappa shape index (κ2) is 5.24. The Morgan fingerprint density at radius 2 is 2.11 bits per heavy atom. The summed E-state index contributed by atoms with van der Waals surface area (Å²) >= 11 is 0. The Hall–Kier alpha value is -1.13. The molecule has 1 atom stereocenters. The summed E-state index contributed by atoms with van der Waals surface area (Å²) in [6, 6.07) is 4.01. The van der Waals surface area contributed by atoms with E-state index in [-0.39, 0.29) is 18.5 Å². The summed E-state index contributed by atoms with van der Waals surface area (Å²) in [6.07, 6.45) is 3.59. The summed E-state index contributed by atoms with van der Waals surface area (Å²) in [4.78, 5) is 0. The summed E-state index contributed by atoms with van der Waals surface area (Å²) in [7, 11) is 0. The van der Waals surface area contributed by atoms with Gasteiger partial charge in [-0.3, -0.25) is 0 Å². The van der Waals surface area contributed by atoms with Crippen molar-refractivity contribution in [3.63, 3.8) is 0 Å². The Balaban J connectivity index is 2.09. The van der Waals surface area contributed by atoms with Crippen LogP contribution in [0.25, 0.3) is 0 Å². The van der Waals surface area contributed by atoms with Crippen LogP contribution < -0.4 is 10.5 Å². The highest BCUT2D eigenvalue weighted by molar-refractivity contribution is 5.36. The minimum atomic E-state index is -0.733. The van der Waals surface area contributed by atoms with Gasteiger partial charge in [-0.15, -0.1) is 0 Å². The number of aliphatic hydroxyl groups is 1. The van der Waals surface area contributed by atoms with Gasteiger partial charge in [0.1, 0.15) is 18.2 Å². The van der Waals surface area contributed by atoms with Gasteiger partial charge in [0, 0.05) is 11.6 Å². The zero-order valence-corrected chi connectivity index (χ0v) is 10.7. The van der Waals surface area contributed by atoms with E-state index in [1.165, 1.54) is 12.1 Å². The van der Waals surface area contributed by atoms with E-state index in [4.69, 9.17) is 10.5 Å². The molecule has 0 heterocycles. The first-order chi connectivity index (χ1) is 8.50. The molecule has 0 saturated heterocycles. The molecular weight excluding hydrogens is 233 g/mol. The standard InChI is InChI=1S/C14H20FNO2/c1-10(16)12-8-11(15)4-5-13(12)18-9-14(17)6-2-3-7-14/h4-5,8,10,17H,2-3,6-7,9,16H2,1H3. The molecule has 0 aromatic heterocycles. The second-order valence-corrected chi connectivity index (χ2v) is 5.19. The number of benzene rings is 1. The molecule has 1 fully saturated rings. The minimum Gasteiger partial charge on any atom is -0.490 e. The minimum absolute atomic E-state index is 0.248. The quantitative estimate of drug-likeness (QED) is 0.867. The lowest BCUT2D eigenvalue weighted by Crippen LogP contribution is -2.32. The van der Waals surface area contributed by atoms with Crippen molar-refractivity contribution in [2.75, 3.05) is 6.61 Å². The molecule has 1 unspecified atom stereocenters. The number of hydrogen-bond donors (Lipinski definition) is 2. The van der Waals surface area contributed by atoms with E-state index in [0.29, 0.717) is 11.3 Å². The average Bonchev–Trinajstić information content (AvgIpc) is 2.75. The fourth-order valence-electron chi connectivity index (χ4n) is 2.40. The van der Waals surface area contributed by atoms with Gasteiger partial charge in [0.05, 0.1) is 5.60 Å². The predicted molar refractivity (Wildman–Crippen MR) is 67.9 cm³/mol. The van der Waals surface area contributed by atoms with Crippen LogP contribution in [-0.2, 0) is 0 Å². The lowest BCUT2D eigenvalue weighted by atomic mass is 10.0. The number of halogens is 1. The van der Waals surface area contributed by atoms with E-state index < -0.39 is 5.60 Å². The van der Waals surface area contributed by atoms with Gasteiger partial charge in [-0.1, -0.05) is 12.8 Å². The van der Waals surface area contributed by atoms with Gasteiger partial charge in [0.15, 0.2) is 0 Å². The van der Waals surface area contributed by atoms with Crippen LogP contribution in [0.3, 0.4) is 0 Å². The fourth-order valence-corrected chi connectivity index (χ4v) is 2.40. The van der Waals surface area contributed by atoms with Gasteiger partial charge < -0.3 is 15.6 Å². The molecule has 0 radical (unpaired) electrons. The normalized spacial score (nSPS) is 19.8. The van der Waals surface area contributed by atoms with Crippen molar-refractivity contribution in [2.24, 2.45) is 5.73 Å². The van der Waals surface area contributed by atoms with Gasteiger partial charge >= 0.3 is 0 Å². The molecule has 1 aliphatic rings. The van der Waals surface area contributed by atoms with E-state index in [2.05, 4.69) is 0 Å². The molecule has 0 bridgehead atoms. The maximum Gasteiger partial charge on any atom is 0.124 e. The maximum atomic E-state index is 13.2. The molecule has 1 aromatic carbocycles. The number of rotatable bonds is 4. The van der Waals surface area contributed by atoms with Gasteiger partial charge in [-0.05, 0) is 38.0 Å². The number of ether oxygens (including phenoxy) is 1. The third kappa shape index (κ3) is 3.00. The molecule has 1 saturated carbocycles. The van der Waals surface area contributed by atoms with E-state index >= 15 is 0 Å². The summed E-state index contributed by atoms with van der Waals surface area (Å²) in [5.74, 6) is 0.237. The van der Waals surface area contributed by atoms with E-state index in [9.17, 15) is 9.50 Å². The van der Waals surface area contributed by atoms with Crippen molar-refractivity contribution in [3.8, 4) is 5.75 Å². The Bertz CT molecular complexity index is 414. The summed E-state index contributed by atoms with van der Waals surface area (Å²) < 4.78 is 18.8. The Morgan fingerprint density at radius 1 is 1.44 bits per heavy atom. The van der Waals surface area contributed by atoms with Crippen LogP contribution in [0.2, 0.25) is 0 Å². The zero-order chi connectivity index (χ0) is 13.2. The SMILES string of the molecule is CC(N)c1cc(F)ccc1OCC1(O)CCCC1. The molecular formula is C14H20FNO2. The topological polar surface area (TPSA) is 55.5 Å². The highest BCUT2D eigenvalue weighted by atomic mass is 19.1. The van der Waals surface area contributed by atoms with Gasteiger partial charge in [-0.2, -0.15) is 0 Å². The predicted octanol–water partition coefficient (Wildman–Crippen LogP) is 2.53. The molecule has 18 heavy (non-hydrogen) atoms. The molecule has 4 heteroatoms. The Morgan fingerprint density at radius 3 is 2.72 bits per heavy atom. The molecule has 0 spiro atoms. The highest BCUT2D eigenvalue weighted by Crippen LogP contribution is 2.31. The largest absolute Gasteiger partial charge is 0.490 e. The van der Waals surface area contributed by atoms with E-state index in [1.807, 2.05) is 0 Å². The van der Waals surface area contributed by atoms with Crippen LogP contribution in [0.1, 0.15) is 44.2 Å². The van der Waals surface area contributed by atoms with Crippen LogP contribution >= 0.6 is 0 Å². The third-order valence-electron chi connectivity index (χ3n) is 3.49. The highest BCUT2D eigenvalue weighted by Gasteiger charge is 2.32. The summed E-state index contributed by atoms with van der Waals surface area (Å²) in [5, 5.41) is 10.2. The van der Waals surface area contributed by atoms with E-state index in [1.54, 1.807) is 13.0 Å². The summed E-state index contributed by atoms with van der Waals surface area (Å²) in [6.45, 7) is 2.03. The average molecular weight is 253 g/mol. The molecule has 1 aliphatic carbocycles. The van der Waals surface area contributed by atoms with Crippen molar-refractivity contribution in [2.45, 2.75) is 44.2 Å². The Kier molecular flexibility index (Phi) is 3.88. The van der Waals surface area contributed by atoms with Crippen molar-refractivity contribution in [1.82, 2.24) is 0 Å². The Labute approximate surface area is 107 Å². The lowest BCUT2D eigenvalue weighted by molar-refractivity contribution is 0.00104. The first-order valence-corrected chi connectivity index (χ1v) is 6.40. The molecule has 1 aromatic rings. The van der Waals surface area contributed by atoms with Crippen molar-refractivity contribution >= 4 is 0 Å². The van der Waals surface area contributed by atoms with Crippen molar-refractivity contribution < 1.29 is 14.2 Å². The monoisotopic (exact) mass is 253 g/mol. The van der Waals surface area contributed by atoms with Gasteiger partial charge in [-0.25, -0.2) is 4.39 Å². The van der Waals surface area contributed by atoms with Crippen LogP contribution in [0.15, 0.2) is 18.2 Å². The molecule has 0 aliphatic heterocycles. The van der Waals surface area contributed by atoms with Crippen LogP contribution in [0.5, 0.6) is 5.75 Å². The van der Waals surface area contributed by atoms with Gasteiger partial charge in [0.25, 0.3) is 0 Å². The second-order valence-electron chi connectivity index (χ2n) is 5.19. The molecule has 3 N–H and O–H groups in total. The molecule has 2 rings (SSSR count). The summed E-state index contributed by atoms with van der Waals surface area (Å²) in [5.41, 5.74) is 5.69. The first-order valence-electron chi connectivity index (χ1n) is 6.40. The smallest absolute Gasteiger partial charge is 0.124 e. The number of hydrogen-bond acceptors (Lipinski definition) is 3. The maximum absolute atomic E-state index is 13.2. The molecule has 3 nitrogen and oxygen atoms in total. The molecule has 100 valence electrons. The number of nitrogens with two attached hydrogens (primary N) is 1. The lowest BCUT2D eigenvalue weighted by Gasteiger charge is -2.23.